The van der Waals surface area contributed by atoms with Crippen LogP contribution in [0.3, 0.4) is 0 Å². The van der Waals surface area contributed by atoms with Crippen LogP contribution >= 0.6 is 0 Å². The molecule has 1 fully saturated rings. The van der Waals surface area contributed by atoms with E-state index in [9.17, 15) is 13.2 Å². The minimum absolute atomic E-state index is 0.138. The van der Waals surface area contributed by atoms with E-state index in [1.54, 1.807) is 60.9 Å². The van der Waals surface area contributed by atoms with Crippen LogP contribution in [0.1, 0.15) is 16.1 Å². The molecule has 1 amide bonds. The summed E-state index contributed by atoms with van der Waals surface area (Å²) in [4.78, 5) is 26.3. The van der Waals surface area contributed by atoms with Gasteiger partial charge in [0.25, 0.3) is 5.91 Å². The van der Waals surface area contributed by atoms with Crippen LogP contribution in [0.25, 0.3) is 10.9 Å². The molecule has 9 nitrogen and oxygen atoms in total. The van der Waals surface area contributed by atoms with Crippen LogP contribution in [0.2, 0.25) is 0 Å². The third kappa shape index (κ3) is 4.50. The van der Waals surface area contributed by atoms with E-state index in [1.165, 1.54) is 6.20 Å². The van der Waals surface area contributed by atoms with Crippen molar-refractivity contribution in [1.29, 1.82) is 0 Å². The fourth-order valence-corrected chi connectivity index (χ4v) is 5.01. The third-order valence-electron chi connectivity index (χ3n) is 5.72. The van der Waals surface area contributed by atoms with Crippen molar-refractivity contribution in [2.24, 2.45) is 0 Å². The van der Waals surface area contributed by atoms with Gasteiger partial charge in [-0.15, -0.1) is 0 Å². The summed E-state index contributed by atoms with van der Waals surface area (Å²) in [5, 5.41) is 3.70. The lowest BCUT2D eigenvalue weighted by atomic mass is 10.2. The number of hydrogen-bond donors (Lipinski definition) is 2. The van der Waals surface area contributed by atoms with E-state index in [2.05, 4.69) is 25.2 Å². The maximum absolute atomic E-state index is 13.0. The van der Waals surface area contributed by atoms with Crippen LogP contribution in [0, 0.1) is 0 Å². The molecule has 0 bridgehead atoms. The molecule has 1 saturated heterocycles. The molecule has 2 N–H and O–H groups in total. The average molecular weight is 478 g/mol. The topological polar surface area (TPSA) is 117 Å². The van der Waals surface area contributed by atoms with Crippen LogP contribution in [0.5, 0.6) is 0 Å². The second-order valence-electron chi connectivity index (χ2n) is 7.93. The van der Waals surface area contributed by atoms with Gasteiger partial charge in [-0.1, -0.05) is 12.1 Å². The summed E-state index contributed by atoms with van der Waals surface area (Å²) >= 11 is 0. The molecule has 1 aliphatic rings. The minimum atomic E-state index is -3.70. The molecule has 0 atom stereocenters. The van der Waals surface area contributed by atoms with Gasteiger partial charge >= 0.3 is 0 Å². The number of carbonyl (C=O) groups excluding carboxylic acids is 1. The Balaban J connectivity index is 1.24. The van der Waals surface area contributed by atoms with Crippen LogP contribution in [-0.4, -0.2) is 55.6 Å². The molecule has 10 heteroatoms. The van der Waals surface area contributed by atoms with Gasteiger partial charge in [0.1, 0.15) is 11.5 Å². The maximum atomic E-state index is 13.0. The summed E-state index contributed by atoms with van der Waals surface area (Å²) in [6, 6.07) is 13.3. The number of aromatic nitrogens is 3. The first-order chi connectivity index (χ1) is 16.5. The molecule has 34 heavy (non-hydrogen) atoms. The summed E-state index contributed by atoms with van der Waals surface area (Å²) in [5.41, 5.74) is 2.06. The van der Waals surface area contributed by atoms with Gasteiger partial charge in [-0.25, -0.2) is 13.4 Å². The SMILES string of the molecule is O=C(NCc1ccc(S(=O)(=O)c2ccc(N3CCOCC3)nc2)cc1)c1cc2cnccc2[nH]1. The van der Waals surface area contributed by atoms with Crippen molar-refractivity contribution >= 4 is 32.5 Å². The second kappa shape index (κ2) is 9.24. The zero-order valence-electron chi connectivity index (χ0n) is 18.3. The van der Waals surface area contributed by atoms with E-state index in [0.717, 1.165) is 35.4 Å². The number of hydrogen-bond acceptors (Lipinski definition) is 7. The van der Waals surface area contributed by atoms with Gasteiger partial charge in [0.05, 0.1) is 23.0 Å². The summed E-state index contributed by atoms with van der Waals surface area (Å²) in [6.07, 6.45) is 4.74. The Hall–Kier alpha value is -3.76. The summed E-state index contributed by atoms with van der Waals surface area (Å²) in [5.74, 6) is 0.485. The predicted molar refractivity (Wildman–Crippen MR) is 126 cm³/mol. The highest BCUT2D eigenvalue weighted by molar-refractivity contribution is 7.91. The number of rotatable bonds is 6. The molecule has 0 saturated carbocycles. The lowest BCUT2D eigenvalue weighted by Crippen LogP contribution is -2.36. The Bertz CT molecular complexity index is 1380. The molecule has 0 aliphatic carbocycles. The lowest BCUT2D eigenvalue weighted by molar-refractivity contribution is 0.0946. The van der Waals surface area contributed by atoms with E-state index in [-0.39, 0.29) is 22.2 Å². The van der Waals surface area contributed by atoms with Crippen LogP contribution in [-0.2, 0) is 21.1 Å². The number of nitrogens with one attached hydrogen (secondary N) is 2. The Morgan fingerprint density at radius 1 is 1.03 bits per heavy atom. The number of H-pyrrole nitrogens is 1. The van der Waals surface area contributed by atoms with Crippen molar-refractivity contribution in [3.63, 3.8) is 0 Å². The molecule has 1 aromatic carbocycles. The van der Waals surface area contributed by atoms with Crippen molar-refractivity contribution in [2.45, 2.75) is 16.3 Å². The minimum Gasteiger partial charge on any atom is -0.378 e. The molecule has 0 spiro atoms. The number of anilines is 1. The predicted octanol–water partition coefficient (Wildman–Crippen LogP) is 2.56. The fourth-order valence-electron chi connectivity index (χ4n) is 3.81. The summed E-state index contributed by atoms with van der Waals surface area (Å²) in [7, 11) is -3.70. The standard InChI is InChI=1S/C24H23N5O4S/c30-24(22-13-18-15-25-8-7-21(18)28-22)27-14-17-1-3-19(4-2-17)34(31,32)20-5-6-23(26-16-20)29-9-11-33-12-10-29/h1-8,13,15-16,28H,9-12,14H2,(H,27,30). The van der Waals surface area contributed by atoms with Gasteiger partial charge in [0.15, 0.2) is 0 Å². The first kappa shape index (κ1) is 22.1. The van der Waals surface area contributed by atoms with Crippen LogP contribution in [0.4, 0.5) is 5.82 Å². The fraction of sp³-hybridized carbons (Fsp3) is 0.208. The number of ether oxygens (including phenoxy) is 1. The average Bonchev–Trinajstić information content (AvgIpc) is 3.33. The van der Waals surface area contributed by atoms with Gasteiger partial charge in [0, 0.05) is 49.1 Å². The molecule has 0 radical (unpaired) electrons. The number of benzene rings is 1. The molecular formula is C24H23N5O4S. The van der Waals surface area contributed by atoms with E-state index < -0.39 is 9.84 Å². The number of amides is 1. The Labute approximate surface area is 196 Å². The molecule has 4 aromatic rings. The molecule has 4 heterocycles. The Morgan fingerprint density at radius 3 is 2.50 bits per heavy atom. The zero-order valence-corrected chi connectivity index (χ0v) is 19.1. The molecule has 3 aromatic heterocycles. The molecule has 0 unspecified atom stereocenters. The monoisotopic (exact) mass is 477 g/mol. The molecule has 174 valence electrons. The quantitative estimate of drug-likeness (QED) is 0.438. The van der Waals surface area contributed by atoms with E-state index in [1.807, 2.05) is 0 Å². The molecule has 1 aliphatic heterocycles. The van der Waals surface area contributed by atoms with Crippen molar-refractivity contribution in [3.8, 4) is 0 Å². The second-order valence-corrected chi connectivity index (χ2v) is 9.88. The van der Waals surface area contributed by atoms with Gasteiger partial charge < -0.3 is 19.9 Å². The van der Waals surface area contributed by atoms with Gasteiger partial charge in [-0.05, 0) is 42.0 Å². The molecule has 5 rings (SSSR count). The number of fused-ring (bicyclic) bond motifs is 1. The maximum Gasteiger partial charge on any atom is 0.267 e. The summed E-state index contributed by atoms with van der Waals surface area (Å²) < 4.78 is 31.4. The lowest BCUT2D eigenvalue weighted by Gasteiger charge is -2.27. The zero-order chi connectivity index (χ0) is 23.5. The van der Waals surface area contributed by atoms with E-state index in [0.29, 0.717) is 18.9 Å². The highest BCUT2D eigenvalue weighted by Crippen LogP contribution is 2.23. The van der Waals surface area contributed by atoms with E-state index in [4.69, 9.17) is 4.74 Å². The number of carbonyl (C=O) groups is 1. The Morgan fingerprint density at radius 2 is 1.79 bits per heavy atom. The number of sulfone groups is 1. The third-order valence-corrected chi connectivity index (χ3v) is 7.47. The van der Waals surface area contributed by atoms with Crippen molar-refractivity contribution in [3.05, 3.63) is 78.4 Å². The van der Waals surface area contributed by atoms with Crippen molar-refractivity contribution in [2.75, 3.05) is 31.2 Å². The van der Waals surface area contributed by atoms with E-state index >= 15 is 0 Å². The van der Waals surface area contributed by atoms with Crippen LogP contribution < -0.4 is 10.2 Å². The number of nitrogens with zero attached hydrogens (tertiary/aromatic N) is 3. The van der Waals surface area contributed by atoms with Gasteiger partial charge in [-0.2, -0.15) is 0 Å². The summed E-state index contributed by atoms with van der Waals surface area (Å²) in [6.45, 7) is 2.99. The number of aromatic amines is 1. The number of pyridine rings is 2. The van der Waals surface area contributed by atoms with Crippen LogP contribution in [0.15, 0.2) is 76.9 Å². The number of morpholine rings is 1. The first-order valence-electron chi connectivity index (χ1n) is 10.8. The van der Waals surface area contributed by atoms with Crippen molar-refractivity contribution in [1.82, 2.24) is 20.3 Å². The highest BCUT2D eigenvalue weighted by atomic mass is 32.2. The smallest absolute Gasteiger partial charge is 0.267 e. The van der Waals surface area contributed by atoms with Gasteiger partial charge in [-0.3, -0.25) is 9.78 Å². The highest BCUT2D eigenvalue weighted by Gasteiger charge is 2.20. The normalized spacial score (nSPS) is 14.3. The molecular weight excluding hydrogens is 454 g/mol. The first-order valence-corrected chi connectivity index (χ1v) is 12.3. The van der Waals surface area contributed by atoms with Crippen molar-refractivity contribution < 1.29 is 17.9 Å². The Kier molecular flexibility index (Phi) is 5.99. The van der Waals surface area contributed by atoms with Gasteiger partial charge in [0.2, 0.25) is 9.84 Å². The largest absolute Gasteiger partial charge is 0.378 e.